The van der Waals surface area contributed by atoms with Crippen LogP contribution in [0.3, 0.4) is 0 Å². The van der Waals surface area contributed by atoms with Crippen LogP contribution in [0, 0.1) is 6.92 Å². The van der Waals surface area contributed by atoms with Gasteiger partial charge < -0.3 is 14.2 Å². The molecule has 2 atom stereocenters. The average Bonchev–Trinajstić information content (AvgIpc) is 3.05. The zero-order chi connectivity index (χ0) is 16.6. The maximum absolute atomic E-state index is 12.5. The Bertz CT molecular complexity index is 577. The third kappa shape index (κ3) is 3.47. The number of ether oxygens (including phenoxy) is 1. The van der Waals surface area contributed by atoms with Crippen molar-refractivity contribution in [1.29, 1.82) is 0 Å². The Morgan fingerprint density at radius 3 is 2.74 bits per heavy atom. The molecular formula is C13H17F3N4O3. The minimum absolute atomic E-state index is 0.0932. The lowest BCUT2D eigenvalue weighted by Crippen LogP contribution is -2.50. The van der Waals surface area contributed by atoms with Gasteiger partial charge in [-0.05, 0) is 13.3 Å². The first-order valence-electron chi connectivity index (χ1n) is 7.34. The van der Waals surface area contributed by atoms with Crippen molar-refractivity contribution in [1.82, 2.24) is 19.9 Å². The molecule has 1 aromatic rings. The van der Waals surface area contributed by atoms with Crippen LogP contribution in [0.2, 0.25) is 0 Å². The Hall–Kier alpha value is -1.68. The monoisotopic (exact) mass is 334 g/mol. The van der Waals surface area contributed by atoms with Crippen LogP contribution in [0.4, 0.5) is 13.2 Å². The van der Waals surface area contributed by atoms with Gasteiger partial charge in [0, 0.05) is 13.1 Å². The van der Waals surface area contributed by atoms with E-state index in [9.17, 15) is 18.0 Å². The van der Waals surface area contributed by atoms with Gasteiger partial charge in [-0.25, -0.2) is 0 Å². The normalized spacial score (nSPS) is 27.0. The molecule has 0 aliphatic carbocycles. The summed E-state index contributed by atoms with van der Waals surface area (Å²) >= 11 is 0. The van der Waals surface area contributed by atoms with Gasteiger partial charge in [0.2, 0.25) is 11.8 Å². The number of likely N-dealkylation sites (tertiary alicyclic amines) is 1. The number of carbonyl (C=O) groups excluding carboxylic acids is 1. The number of aromatic nitrogens is 2. The van der Waals surface area contributed by atoms with Crippen molar-refractivity contribution in [2.24, 2.45) is 0 Å². The highest BCUT2D eigenvalue weighted by atomic mass is 19.4. The maximum Gasteiger partial charge on any atom is 0.406 e. The number of morpholine rings is 1. The fraction of sp³-hybridized carbons (Fsp3) is 0.769. The second-order valence-corrected chi connectivity index (χ2v) is 5.69. The van der Waals surface area contributed by atoms with E-state index in [-0.39, 0.29) is 13.2 Å². The highest BCUT2D eigenvalue weighted by Crippen LogP contribution is 2.30. The van der Waals surface area contributed by atoms with Crippen molar-refractivity contribution in [3.05, 3.63) is 11.7 Å². The first-order valence-corrected chi connectivity index (χ1v) is 7.34. The third-order valence-corrected chi connectivity index (χ3v) is 4.04. The SMILES string of the molecule is Cc1noc([C@H]2COCCN2[C@H]2CCN(CC(F)(F)F)C2=O)n1. The van der Waals surface area contributed by atoms with Crippen LogP contribution in [-0.4, -0.2) is 70.9 Å². The van der Waals surface area contributed by atoms with Crippen LogP contribution in [0.5, 0.6) is 0 Å². The van der Waals surface area contributed by atoms with E-state index >= 15 is 0 Å². The first-order chi connectivity index (χ1) is 10.8. The summed E-state index contributed by atoms with van der Waals surface area (Å²) in [6, 6.07) is -1.02. The minimum Gasteiger partial charge on any atom is -0.378 e. The van der Waals surface area contributed by atoms with Gasteiger partial charge in [-0.15, -0.1) is 0 Å². The Morgan fingerprint density at radius 2 is 2.09 bits per heavy atom. The molecule has 0 spiro atoms. The standard InChI is InChI=1S/C13H17F3N4O3/c1-8-17-11(23-18-8)10-6-22-5-4-20(10)9-2-3-19(12(9)21)7-13(14,15)16/h9-10H,2-7H2,1H3/t9-,10+/m0/s1. The highest BCUT2D eigenvalue weighted by molar-refractivity contribution is 5.84. The van der Waals surface area contributed by atoms with E-state index in [0.717, 1.165) is 4.90 Å². The molecule has 0 radical (unpaired) electrons. The number of carbonyl (C=O) groups is 1. The fourth-order valence-electron chi connectivity index (χ4n) is 3.05. The molecule has 2 aliphatic rings. The van der Waals surface area contributed by atoms with Gasteiger partial charge in [0.25, 0.3) is 0 Å². The van der Waals surface area contributed by atoms with Gasteiger partial charge in [-0.2, -0.15) is 18.2 Å². The summed E-state index contributed by atoms with van der Waals surface area (Å²) in [4.78, 5) is 19.2. The molecule has 10 heteroatoms. The molecule has 2 saturated heterocycles. The van der Waals surface area contributed by atoms with Crippen LogP contribution < -0.4 is 0 Å². The number of rotatable bonds is 3. The molecule has 23 heavy (non-hydrogen) atoms. The number of halogens is 3. The zero-order valence-corrected chi connectivity index (χ0v) is 12.5. The van der Waals surface area contributed by atoms with E-state index in [0.29, 0.717) is 31.3 Å². The predicted molar refractivity (Wildman–Crippen MR) is 70.3 cm³/mol. The number of alkyl halides is 3. The van der Waals surface area contributed by atoms with E-state index < -0.39 is 30.7 Å². The summed E-state index contributed by atoms with van der Waals surface area (Å²) in [5, 5.41) is 3.72. The van der Waals surface area contributed by atoms with Crippen LogP contribution >= 0.6 is 0 Å². The van der Waals surface area contributed by atoms with Gasteiger partial charge in [-0.3, -0.25) is 9.69 Å². The molecule has 3 rings (SSSR count). The van der Waals surface area contributed by atoms with Crippen molar-refractivity contribution in [3.63, 3.8) is 0 Å². The minimum atomic E-state index is -4.39. The predicted octanol–water partition coefficient (Wildman–Crippen LogP) is 0.915. The Morgan fingerprint density at radius 1 is 1.30 bits per heavy atom. The molecule has 0 saturated carbocycles. The molecule has 3 heterocycles. The molecule has 2 aliphatic heterocycles. The van der Waals surface area contributed by atoms with E-state index in [1.165, 1.54) is 0 Å². The van der Waals surface area contributed by atoms with Crippen molar-refractivity contribution in [3.8, 4) is 0 Å². The van der Waals surface area contributed by atoms with Crippen LogP contribution in [0.1, 0.15) is 24.2 Å². The third-order valence-electron chi connectivity index (χ3n) is 4.04. The first kappa shape index (κ1) is 16.2. The molecule has 0 N–H and O–H groups in total. The lowest BCUT2D eigenvalue weighted by atomic mass is 10.1. The number of hydrogen-bond donors (Lipinski definition) is 0. The van der Waals surface area contributed by atoms with E-state index in [1.807, 2.05) is 4.90 Å². The molecule has 1 aromatic heterocycles. The highest BCUT2D eigenvalue weighted by Gasteiger charge is 2.45. The van der Waals surface area contributed by atoms with E-state index in [4.69, 9.17) is 9.26 Å². The maximum atomic E-state index is 12.5. The lowest BCUT2D eigenvalue weighted by molar-refractivity contribution is -0.160. The smallest absolute Gasteiger partial charge is 0.378 e. The second kappa shape index (κ2) is 6.08. The summed E-state index contributed by atoms with van der Waals surface area (Å²) in [6.45, 7) is 1.67. The van der Waals surface area contributed by atoms with Gasteiger partial charge in [0.15, 0.2) is 5.82 Å². The van der Waals surface area contributed by atoms with Crippen LogP contribution in [0.15, 0.2) is 4.52 Å². The number of aryl methyl sites for hydroxylation is 1. The lowest BCUT2D eigenvalue weighted by Gasteiger charge is -2.36. The van der Waals surface area contributed by atoms with Crippen LogP contribution in [0.25, 0.3) is 0 Å². The number of nitrogens with zero attached hydrogens (tertiary/aromatic N) is 4. The largest absolute Gasteiger partial charge is 0.406 e. The average molecular weight is 334 g/mol. The van der Waals surface area contributed by atoms with E-state index in [2.05, 4.69) is 10.1 Å². The fourth-order valence-corrected chi connectivity index (χ4v) is 3.05. The van der Waals surface area contributed by atoms with Crippen molar-refractivity contribution in [2.75, 3.05) is 32.8 Å². The van der Waals surface area contributed by atoms with Crippen molar-refractivity contribution < 1.29 is 27.2 Å². The molecular weight excluding hydrogens is 317 g/mol. The summed E-state index contributed by atoms with van der Waals surface area (Å²) in [5.41, 5.74) is 0. The Balaban J connectivity index is 1.75. The van der Waals surface area contributed by atoms with Gasteiger partial charge in [0.1, 0.15) is 12.6 Å². The number of hydrogen-bond acceptors (Lipinski definition) is 6. The number of amides is 1. The van der Waals surface area contributed by atoms with E-state index in [1.54, 1.807) is 6.92 Å². The van der Waals surface area contributed by atoms with Crippen LogP contribution in [-0.2, 0) is 9.53 Å². The quantitative estimate of drug-likeness (QED) is 0.818. The topological polar surface area (TPSA) is 71.7 Å². The molecule has 0 bridgehead atoms. The molecule has 0 unspecified atom stereocenters. The van der Waals surface area contributed by atoms with Gasteiger partial charge in [-0.1, -0.05) is 5.16 Å². The summed E-state index contributed by atoms with van der Waals surface area (Å²) in [5.74, 6) is 0.275. The summed E-state index contributed by atoms with van der Waals surface area (Å²) < 4.78 is 48.2. The summed E-state index contributed by atoms with van der Waals surface area (Å²) in [6.07, 6.45) is -4.04. The second-order valence-electron chi connectivity index (χ2n) is 5.69. The molecule has 128 valence electrons. The van der Waals surface area contributed by atoms with Crippen molar-refractivity contribution in [2.45, 2.75) is 31.6 Å². The molecule has 1 amide bonds. The zero-order valence-electron chi connectivity index (χ0n) is 12.5. The Labute approximate surface area is 130 Å². The van der Waals surface area contributed by atoms with Gasteiger partial charge in [0.05, 0.1) is 19.3 Å². The Kier molecular flexibility index (Phi) is 4.28. The molecule has 0 aromatic carbocycles. The van der Waals surface area contributed by atoms with Gasteiger partial charge >= 0.3 is 6.18 Å². The molecule has 2 fully saturated rings. The molecule has 7 nitrogen and oxygen atoms in total. The summed E-state index contributed by atoms with van der Waals surface area (Å²) in [7, 11) is 0. The van der Waals surface area contributed by atoms with Crippen molar-refractivity contribution >= 4 is 5.91 Å².